The van der Waals surface area contributed by atoms with Crippen molar-refractivity contribution in [3.05, 3.63) is 65.7 Å². The SMILES string of the molecule is COc1cccc(CN)c1OC/C=C/c1ccccc1. The fourth-order valence-electron chi connectivity index (χ4n) is 1.93. The van der Waals surface area contributed by atoms with Crippen LogP contribution in [-0.4, -0.2) is 13.7 Å². The van der Waals surface area contributed by atoms with Crippen molar-refractivity contribution in [3.63, 3.8) is 0 Å². The molecule has 2 N–H and O–H groups in total. The van der Waals surface area contributed by atoms with Gasteiger partial charge in [-0.2, -0.15) is 0 Å². The smallest absolute Gasteiger partial charge is 0.166 e. The van der Waals surface area contributed by atoms with Gasteiger partial charge in [0.15, 0.2) is 11.5 Å². The van der Waals surface area contributed by atoms with Crippen LogP contribution < -0.4 is 15.2 Å². The molecule has 0 aliphatic rings. The molecule has 0 aromatic heterocycles. The molecule has 2 aromatic rings. The number of benzene rings is 2. The van der Waals surface area contributed by atoms with E-state index in [0.29, 0.717) is 18.9 Å². The maximum absolute atomic E-state index is 5.78. The number of ether oxygens (including phenoxy) is 2. The largest absolute Gasteiger partial charge is 0.493 e. The Morgan fingerprint density at radius 3 is 2.55 bits per heavy atom. The highest BCUT2D eigenvalue weighted by Crippen LogP contribution is 2.30. The van der Waals surface area contributed by atoms with Crippen LogP contribution in [0.5, 0.6) is 11.5 Å². The van der Waals surface area contributed by atoms with E-state index in [-0.39, 0.29) is 0 Å². The second kappa shape index (κ2) is 7.36. The van der Waals surface area contributed by atoms with E-state index < -0.39 is 0 Å². The summed E-state index contributed by atoms with van der Waals surface area (Å²) in [5, 5.41) is 0. The maximum atomic E-state index is 5.78. The van der Waals surface area contributed by atoms with Gasteiger partial charge in [-0.3, -0.25) is 0 Å². The van der Waals surface area contributed by atoms with Gasteiger partial charge in [-0.05, 0) is 17.7 Å². The van der Waals surface area contributed by atoms with Crippen LogP contribution in [0.4, 0.5) is 0 Å². The topological polar surface area (TPSA) is 44.5 Å². The first-order valence-corrected chi connectivity index (χ1v) is 6.55. The number of nitrogens with two attached hydrogens (primary N) is 1. The monoisotopic (exact) mass is 269 g/mol. The molecule has 0 unspecified atom stereocenters. The van der Waals surface area contributed by atoms with Crippen molar-refractivity contribution in [1.82, 2.24) is 0 Å². The first-order valence-electron chi connectivity index (χ1n) is 6.55. The van der Waals surface area contributed by atoms with E-state index in [2.05, 4.69) is 0 Å². The second-order valence-electron chi connectivity index (χ2n) is 4.28. The Kier molecular flexibility index (Phi) is 5.21. The highest BCUT2D eigenvalue weighted by molar-refractivity contribution is 5.49. The Morgan fingerprint density at radius 1 is 1.05 bits per heavy atom. The molecular formula is C17H19NO2. The van der Waals surface area contributed by atoms with Gasteiger partial charge in [0.05, 0.1) is 7.11 Å². The molecule has 0 amide bonds. The van der Waals surface area contributed by atoms with E-state index >= 15 is 0 Å². The van der Waals surface area contributed by atoms with Gasteiger partial charge in [-0.1, -0.05) is 48.5 Å². The van der Waals surface area contributed by atoms with E-state index in [9.17, 15) is 0 Å². The highest BCUT2D eigenvalue weighted by atomic mass is 16.5. The van der Waals surface area contributed by atoms with Crippen LogP contribution in [0.25, 0.3) is 6.08 Å². The van der Waals surface area contributed by atoms with Crippen molar-refractivity contribution in [2.24, 2.45) is 5.73 Å². The van der Waals surface area contributed by atoms with Gasteiger partial charge in [0.25, 0.3) is 0 Å². The zero-order chi connectivity index (χ0) is 14.2. The molecule has 104 valence electrons. The summed E-state index contributed by atoms with van der Waals surface area (Å²) < 4.78 is 11.1. The summed E-state index contributed by atoms with van der Waals surface area (Å²) in [6.07, 6.45) is 4.00. The molecule has 0 bridgehead atoms. The highest BCUT2D eigenvalue weighted by Gasteiger charge is 2.08. The van der Waals surface area contributed by atoms with Crippen molar-refractivity contribution in [2.45, 2.75) is 6.54 Å². The lowest BCUT2D eigenvalue weighted by molar-refractivity contribution is 0.323. The quantitative estimate of drug-likeness (QED) is 0.875. The van der Waals surface area contributed by atoms with Gasteiger partial charge in [-0.15, -0.1) is 0 Å². The molecule has 3 heteroatoms. The first kappa shape index (κ1) is 14.2. The fourth-order valence-corrected chi connectivity index (χ4v) is 1.93. The van der Waals surface area contributed by atoms with Crippen LogP contribution in [0.3, 0.4) is 0 Å². The average molecular weight is 269 g/mol. The van der Waals surface area contributed by atoms with Gasteiger partial charge in [0.1, 0.15) is 6.61 Å². The standard InChI is InChI=1S/C17H19NO2/c1-19-16-11-5-10-15(13-18)17(16)20-12-6-9-14-7-3-2-4-8-14/h2-11H,12-13,18H2,1H3/b9-6+. The number of hydrogen-bond acceptors (Lipinski definition) is 3. The van der Waals surface area contributed by atoms with E-state index in [1.807, 2.05) is 60.7 Å². The van der Waals surface area contributed by atoms with Gasteiger partial charge < -0.3 is 15.2 Å². The van der Waals surface area contributed by atoms with Crippen LogP contribution in [0.1, 0.15) is 11.1 Å². The minimum absolute atomic E-state index is 0.426. The van der Waals surface area contributed by atoms with Crippen molar-refractivity contribution in [2.75, 3.05) is 13.7 Å². The molecule has 3 nitrogen and oxygen atoms in total. The van der Waals surface area contributed by atoms with Crippen LogP contribution in [-0.2, 0) is 6.54 Å². The Balaban J connectivity index is 2.02. The molecule has 0 radical (unpaired) electrons. The minimum Gasteiger partial charge on any atom is -0.493 e. The van der Waals surface area contributed by atoms with Crippen molar-refractivity contribution in [1.29, 1.82) is 0 Å². The van der Waals surface area contributed by atoms with Gasteiger partial charge >= 0.3 is 0 Å². The molecule has 0 aliphatic heterocycles. The predicted molar refractivity (Wildman–Crippen MR) is 81.9 cm³/mol. The summed E-state index contributed by atoms with van der Waals surface area (Å²) >= 11 is 0. The number of rotatable bonds is 6. The Hall–Kier alpha value is -2.26. The van der Waals surface area contributed by atoms with Gasteiger partial charge in [-0.25, -0.2) is 0 Å². The minimum atomic E-state index is 0.426. The third-order valence-corrected chi connectivity index (χ3v) is 2.93. The average Bonchev–Trinajstić information content (AvgIpc) is 2.52. The number of hydrogen-bond donors (Lipinski definition) is 1. The Morgan fingerprint density at radius 2 is 1.85 bits per heavy atom. The van der Waals surface area contributed by atoms with Crippen molar-refractivity contribution in [3.8, 4) is 11.5 Å². The zero-order valence-electron chi connectivity index (χ0n) is 11.6. The summed E-state index contributed by atoms with van der Waals surface area (Å²) in [4.78, 5) is 0. The second-order valence-corrected chi connectivity index (χ2v) is 4.28. The molecule has 0 spiro atoms. The van der Waals surface area contributed by atoms with Crippen molar-refractivity contribution >= 4 is 6.08 Å². The molecule has 0 aliphatic carbocycles. The first-order chi connectivity index (χ1) is 9.85. The molecule has 0 heterocycles. The predicted octanol–water partition coefficient (Wildman–Crippen LogP) is 3.25. The van der Waals surface area contributed by atoms with Crippen LogP contribution >= 0.6 is 0 Å². The van der Waals surface area contributed by atoms with Crippen LogP contribution in [0, 0.1) is 0 Å². The summed E-state index contributed by atoms with van der Waals surface area (Å²) in [6.45, 7) is 0.900. The molecule has 2 rings (SSSR count). The third kappa shape index (κ3) is 3.62. The number of methoxy groups -OCH3 is 1. The van der Waals surface area contributed by atoms with Crippen LogP contribution in [0.15, 0.2) is 54.6 Å². The third-order valence-electron chi connectivity index (χ3n) is 2.93. The summed E-state index contributed by atoms with van der Waals surface area (Å²) in [7, 11) is 1.63. The van der Waals surface area contributed by atoms with E-state index in [1.165, 1.54) is 0 Å². The molecule has 20 heavy (non-hydrogen) atoms. The molecule has 0 atom stereocenters. The molecule has 0 saturated heterocycles. The molecule has 2 aromatic carbocycles. The lowest BCUT2D eigenvalue weighted by Crippen LogP contribution is -2.04. The Labute approximate surface area is 119 Å². The molecule has 0 saturated carbocycles. The Bertz CT molecular complexity index is 542. The number of para-hydroxylation sites is 1. The lowest BCUT2D eigenvalue weighted by Gasteiger charge is -2.12. The lowest BCUT2D eigenvalue weighted by atomic mass is 10.2. The molecular weight excluding hydrogens is 250 g/mol. The zero-order valence-corrected chi connectivity index (χ0v) is 11.6. The summed E-state index contributed by atoms with van der Waals surface area (Å²) in [6, 6.07) is 15.8. The normalized spacial score (nSPS) is 10.7. The van der Waals surface area contributed by atoms with Crippen molar-refractivity contribution < 1.29 is 9.47 Å². The van der Waals surface area contributed by atoms with E-state index in [1.54, 1.807) is 7.11 Å². The van der Waals surface area contributed by atoms with E-state index in [0.717, 1.165) is 16.9 Å². The van der Waals surface area contributed by atoms with Crippen LogP contribution in [0.2, 0.25) is 0 Å². The van der Waals surface area contributed by atoms with Gasteiger partial charge in [0.2, 0.25) is 0 Å². The fraction of sp³-hybridized carbons (Fsp3) is 0.176. The van der Waals surface area contributed by atoms with Gasteiger partial charge in [0, 0.05) is 12.1 Å². The van der Waals surface area contributed by atoms with E-state index in [4.69, 9.17) is 15.2 Å². The summed E-state index contributed by atoms with van der Waals surface area (Å²) in [5.41, 5.74) is 7.81. The molecule has 0 fully saturated rings. The maximum Gasteiger partial charge on any atom is 0.166 e. The summed E-state index contributed by atoms with van der Waals surface area (Å²) in [5.74, 6) is 1.43.